The van der Waals surface area contributed by atoms with Crippen molar-refractivity contribution < 1.29 is 19.1 Å². The molecule has 1 aliphatic rings. The Bertz CT molecular complexity index is 1090. The van der Waals surface area contributed by atoms with Crippen LogP contribution in [0.25, 0.3) is 11.1 Å². The lowest BCUT2D eigenvalue weighted by Gasteiger charge is -2.18. The van der Waals surface area contributed by atoms with Crippen molar-refractivity contribution in [1.82, 2.24) is 4.90 Å². The Kier molecular flexibility index (Phi) is 6.71. The Morgan fingerprint density at radius 1 is 0.844 bits per heavy atom. The largest absolute Gasteiger partial charge is 0.469 e. The maximum atomic E-state index is 12.6. The van der Waals surface area contributed by atoms with Gasteiger partial charge in [-0.3, -0.25) is 19.3 Å². The molecule has 0 aliphatic carbocycles. The smallest absolute Gasteiger partial charge is 0.309 e. The van der Waals surface area contributed by atoms with Gasteiger partial charge in [-0.1, -0.05) is 54.6 Å². The maximum Gasteiger partial charge on any atom is 0.309 e. The Hall–Kier alpha value is -3.38. The summed E-state index contributed by atoms with van der Waals surface area (Å²) < 4.78 is 4.97. The van der Waals surface area contributed by atoms with Gasteiger partial charge in [0.1, 0.15) is 0 Å². The van der Waals surface area contributed by atoms with Gasteiger partial charge in [-0.25, -0.2) is 0 Å². The van der Waals surface area contributed by atoms with Gasteiger partial charge in [0.15, 0.2) is 0 Å². The number of hydrogen-bond donors (Lipinski definition) is 0. The molecule has 0 fully saturated rings. The summed E-state index contributed by atoms with van der Waals surface area (Å²) in [6.07, 6.45) is 0.354. The molecule has 0 aromatic heterocycles. The SMILES string of the molecule is COC(=O)C(CCN1C(=O)c2ccccc2C1=O)CSc1ccc(-c2ccccc2)cc1. The van der Waals surface area contributed by atoms with Crippen LogP contribution >= 0.6 is 11.8 Å². The van der Waals surface area contributed by atoms with Crippen LogP contribution in [0, 0.1) is 5.92 Å². The fourth-order valence-corrected chi connectivity index (χ4v) is 4.76. The molecule has 0 saturated heterocycles. The number of esters is 1. The Labute approximate surface area is 191 Å². The van der Waals surface area contributed by atoms with Crippen LogP contribution in [0.4, 0.5) is 0 Å². The monoisotopic (exact) mass is 445 g/mol. The lowest BCUT2D eigenvalue weighted by atomic mass is 10.1. The lowest BCUT2D eigenvalue weighted by molar-refractivity contribution is -0.144. The third kappa shape index (κ3) is 4.60. The van der Waals surface area contributed by atoms with Gasteiger partial charge >= 0.3 is 5.97 Å². The van der Waals surface area contributed by atoms with Crippen LogP contribution in [0.5, 0.6) is 0 Å². The zero-order chi connectivity index (χ0) is 22.5. The first-order chi connectivity index (χ1) is 15.6. The minimum Gasteiger partial charge on any atom is -0.469 e. The molecular formula is C26H23NO4S. The molecular weight excluding hydrogens is 422 g/mol. The van der Waals surface area contributed by atoms with Gasteiger partial charge in [-0.2, -0.15) is 0 Å². The highest BCUT2D eigenvalue weighted by Gasteiger charge is 2.35. The summed E-state index contributed by atoms with van der Waals surface area (Å²) >= 11 is 1.56. The highest BCUT2D eigenvalue weighted by Crippen LogP contribution is 2.28. The number of ether oxygens (including phenoxy) is 1. The summed E-state index contributed by atoms with van der Waals surface area (Å²) in [7, 11) is 1.36. The first-order valence-electron chi connectivity index (χ1n) is 10.4. The van der Waals surface area contributed by atoms with Gasteiger partial charge in [-0.05, 0) is 41.8 Å². The van der Waals surface area contributed by atoms with E-state index in [-0.39, 0.29) is 24.3 Å². The van der Waals surface area contributed by atoms with Crippen molar-refractivity contribution in [2.24, 2.45) is 5.92 Å². The van der Waals surface area contributed by atoms with Crippen molar-refractivity contribution in [3.8, 4) is 11.1 Å². The zero-order valence-corrected chi connectivity index (χ0v) is 18.5. The van der Waals surface area contributed by atoms with Crippen LogP contribution < -0.4 is 0 Å². The molecule has 2 amide bonds. The van der Waals surface area contributed by atoms with E-state index in [0.717, 1.165) is 16.0 Å². The van der Waals surface area contributed by atoms with E-state index in [1.54, 1.807) is 36.0 Å². The zero-order valence-electron chi connectivity index (χ0n) is 17.7. The molecule has 0 bridgehead atoms. The first-order valence-corrected chi connectivity index (χ1v) is 11.4. The standard InChI is InChI=1S/C26H23NO4S/c1-31-26(30)20(15-16-27-24(28)22-9-5-6-10-23(22)25(27)29)17-32-21-13-11-19(12-14-21)18-7-3-2-4-8-18/h2-14,20H,15-17H2,1H3. The molecule has 1 aliphatic heterocycles. The molecule has 3 aromatic rings. The normalized spacial score (nSPS) is 13.7. The topological polar surface area (TPSA) is 63.7 Å². The highest BCUT2D eigenvalue weighted by atomic mass is 32.2. The summed E-state index contributed by atoms with van der Waals surface area (Å²) in [6.45, 7) is 0.180. The number of amides is 2. The summed E-state index contributed by atoms with van der Waals surface area (Å²) in [4.78, 5) is 39.7. The van der Waals surface area contributed by atoms with Crippen molar-refractivity contribution in [3.63, 3.8) is 0 Å². The van der Waals surface area contributed by atoms with Gasteiger partial charge in [0, 0.05) is 17.2 Å². The second-order valence-corrected chi connectivity index (χ2v) is 8.61. The average molecular weight is 446 g/mol. The maximum absolute atomic E-state index is 12.6. The lowest BCUT2D eigenvalue weighted by Crippen LogP contribution is -2.33. The second-order valence-electron chi connectivity index (χ2n) is 7.52. The predicted octanol–water partition coefficient (Wildman–Crippen LogP) is 4.92. The molecule has 1 heterocycles. The van der Waals surface area contributed by atoms with E-state index in [0.29, 0.717) is 23.3 Å². The molecule has 0 spiro atoms. The van der Waals surface area contributed by atoms with Crippen LogP contribution in [0.2, 0.25) is 0 Å². The minimum atomic E-state index is -0.428. The number of rotatable bonds is 8. The van der Waals surface area contributed by atoms with E-state index in [1.165, 1.54) is 12.0 Å². The average Bonchev–Trinajstić information content (AvgIpc) is 3.09. The predicted molar refractivity (Wildman–Crippen MR) is 125 cm³/mol. The first kappa shape index (κ1) is 21.8. The van der Waals surface area contributed by atoms with Gasteiger partial charge < -0.3 is 4.74 Å². The second kappa shape index (κ2) is 9.83. The summed E-state index contributed by atoms with van der Waals surface area (Å²) in [5.74, 6) is -0.879. The molecule has 0 saturated carbocycles. The number of fused-ring (bicyclic) bond motifs is 1. The van der Waals surface area contributed by atoms with Crippen LogP contribution in [-0.2, 0) is 9.53 Å². The number of imide groups is 1. The Morgan fingerprint density at radius 3 is 2.00 bits per heavy atom. The van der Waals surface area contributed by atoms with Crippen LogP contribution in [-0.4, -0.2) is 42.1 Å². The van der Waals surface area contributed by atoms with Crippen LogP contribution in [0.1, 0.15) is 27.1 Å². The molecule has 0 N–H and O–H groups in total. The summed E-state index contributed by atoms with van der Waals surface area (Å²) in [5, 5.41) is 0. The van der Waals surface area contributed by atoms with Crippen LogP contribution in [0.3, 0.4) is 0 Å². The van der Waals surface area contributed by atoms with E-state index in [9.17, 15) is 14.4 Å². The summed E-state index contributed by atoms with van der Waals surface area (Å²) in [6, 6.07) is 25.1. The van der Waals surface area contributed by atoms with E-state index in [2.05, 4.69) is 24.3 Å². The van der Waals surface area contributed by atoms with E-state index < -0.39 is 5.92 Å². The molecule has 0 radical (unpaired) electrons. The molecule has 6 heteroatoms. The Morgan fingerprint density at radius 2 is 1.41 bits per heavy atom. The number of carbonyl (C=O) groups excluding carboxylic acids is 3. The minimum absolute atomic E-state index is 0.180. The molecule has 4 rings (SSSR count). The van der Waals surface area contributed by atoms with E-state index >= 15 is 0 Å². The van der Waals surface area contributed by atoms with Crippen molar-refractivity contribution >= 4 is 29.5 Å². The molecule has 162 valence electrons. The van der Waals surface area contributed by atoms with E-state index in [1.807, 2.05) is 30.3 Å². The van der Waals surface area contributed by atoms with Gasteiger partial charge in [0.25, 0.3) is 11.8 Å². The van der Waals surface area contributed by atoms with E-state index in [4.69, 9.17) is 4.74 Å². The molecule has 1 atom stereocenters. The third-order valence-corrected chi connectivity index (χ3v) is 6.70. The fraction of sp³-hybridized carbons (Fsp3) is 0.192. The highest BCUT2D eigenvalue weighted by molar-refractivity contribution is 7.99. The molecule has 1 unspecified atom stereocenters. The quantitative estimate of drug-likeness (QED) is 0.280. The number of nitrogens with zero attached hydrogens (tertiary/aromatic N) is 1. The number of methoxy groups -OCH3 is 1. The number of carbonyl (C=O) groups is 3. The number of benzene rings is 3. The van der Waals surface area contributed by atoms with Gasteiger partial charge in [-0.15, -0.1) is 11.8 Å². The van der Waals surface area contributed by atoms with Crippen molar-refractivity contribution in [2.75, 3.05) is 19.4 Å². The van der Waals surface area contributed by atoms with Gasteiger partial charge in [0.05, 0.1) is 24.2 Å². The number of hydrogen-bond acceptors (Lipinski definition) is 5. The van der Waals surface area contributed by atoms with Crippen LogP contribution in [0.15, 0.2) is 83.8 Å². The van der Waals surface area contributed by atoms with Gasteiger partial charge in [0.2, 0.25) is 0 Å². The summed E-state index contributed by atoms with van der Waals surface area (Å²) in [5.41, 5.74) is 3.11. The fourth-order valence-electron chi connectivity index (χ4n) is 3.73. The van der Waals surface area contributed by atoms with Crippen molar-refractivity contribution in [3.05, 3.63) is 90.0 Å². The molecule has 32 heavy (non-hydrogen) atoms. The molecule has 5 nitrogen and oxygen atoms in total. The van der Waals surface area contributed by atoms with Crippen molar-refractivity contribution in [1.29, 1.82) is 0 Å². The molecule has 3 aromatic carbocycles. The third-order valence-electron chi connectivity index (χ3n) is 5.53. The Balaban J connectivity index is 1.38. The number of thioether (sulfide) groups is 1. The van der Waals surface area contributed by atoms with Crippen molar-refractivity contribution in [2.45, 2.75) is 11.3 Å².